The van der Waals surface area contributed by atoms with E-state index in [1.807, 2.05) is 0 Å². The number of halogens is 1. The molecule has 1 atom stereocenters. The molecule has 24 heavy (non-hydrogen) atoms. The van der Waals surface area contributed by atoms with Crippen LogP contribution in [0.5, 0.6) is 11.5 Å². The topological polar surface area (TPSA) is 68.2 Å². The van der Waals surface area contributed by atoms with E-state index in [0.29, 0.717) is 28.3 Å². The van der Waals surface area contributed by atoms with E-state index in [1.165, 1.54) is 11.0 Å². The van der Waals surface area contributed by atoms with E-state index in [0.717, 1.165) is 0 Å². The summed E-state index contributed by atoms with van der Waals surface area (Å²) in [5, 5.41) is 9.07. The molecular weight excluding hydrogens is 317 g/mol. The molecule has 0 aromatic heterocycles. The number of aliphatic hydroxyl groups is 1. The predicted octanol–water partition coefficient (Wildman–Crippen LogP) is 2.54. The lowest BCUT2D eigenvalue weighted by molar-refractivity contribution is 0.0963. The van der Waals surface area contributed by atoms with E-state index in [1.54, 1.807) is 30.3 Å². The van der Waals surface area contributed by atoms with E-state index in [2.05, 4.69) is 0 Å². The maximum absolute atomic E-state index is 14.5. The summed E-state index contributed by atoms with van der Waals surface area (Å²) in [6.07, 6.45) is -1.18. The Bertz CT molecular complexity index is 810. The second-order valence-corrected chi connectivity index (χ2v) is 5.53. The van der Waals surface area contributed by atoms with E-state index >= 15 is 0 Å². The number of aliphatic hydroxyl groups excluding tert-OH is 1. The van der Waals surface area contributed by atoms with Crippen LogP contribution in [-0.2, 0) is 4.74 Å². The number of fused-ring (bicyclic) bond motifs is 1. The van der Waals surface area contributed by atoms with E-state index in [-0.39, 0.29) is 19.9 Å². The summed E-state index contributed by atoms with van der Waals surface area (Å²) >= 11 is 0. The Morgan fingerprint density at radius 3 is 2.75 bits per heavy atom. The maximum atomic E-state index is 14.5. The molecule has 0 unspecified atom stereocenters. The highest BCUT2D eigenvalue weighted by atomic mass is 19.1. The minimum Gasteiger partial charge on any atom is -0.454 e. The quantitative estimate of drug-likeness (QED) is 0.936. The number of carbonyl (C=O) groups is 1. The van der Waals surface area contributed by atoms with Crippen molar-refractivity contribution in [3.8, 4) is 22.6 Å². The van der Waals surface area contributed by atoms with Crippen molar-refractivity contribution in [2.45, 2.75) is 6.10 Å². The van der Waals surface area contributed by atoms with Crippen molar-refractivity contribution in [3.05, 3.63) is 42.2 Å². The smallest absolute Gasteiger partial charge is 0.414 e. The molecule has 1 saturated heterocycles. The number of hydrogen-bond donors (Lipinski definition) is 1. The van der Waals surface area contributed by atoms with Gasteiger partial charge in [0, 0.05) is 5.56 Å². The van der Waals surface area contributed by atoms with Crippen LogP contribution in [0.15, 0.2) is 36.4 Å². The average molecular weight is 331 g/mol. The van der Waals surface area contributed by atoms with Crippen LogP contribution >= 0.6 is 0 Å². The van der Waals surface area contributed by atoms with Crippen molar-refractivity contribution in [1.29, 1.82) is 0 Å². The molecule has 2 aromatic rings. The van der Waals surface area contributed by atoms with E-state index < -0.39 is 18.0 Å². The molecule has 0 spiro atoms. The zero-order valence-corrected chi connectivity index (χ0v) is 12.6. The number of ether oxygens (including phenoxy) is 3. The summed E-state index contributed by atoms with van der Waals surface area (Å²) in [5.74, 6) is 0.738. The molecule has 4 rings (SSSR count). The van der Waals surface area contributed by atoms with Gasteiger partial charge in [-0.05, 0) is 35.9 Å². The lowest BCUT2D eigenvalue weighted by atomic mass is 10.0. The van der Waals surface area contributed by atoms with Crippen molar-refractivity contribution in [3.63, 3.8) is 0 Å². The molecule has 7 heteroatoms. The molecular formula is C17H14FNO5. The zero-order chi connectivity index (χ0) is 16.7. The third kappa shape index (κ3) is 2.43. The Hall–Kier alpha value is -2.80. The molecule has 1 amide bonds. The Balaban J connectivity index is 1.64. The highest BCUT2D eigenvalue weighted by Gasteiger charge is 2.32. The van der Waals surface area contributed by atoms with Gasteiger partial charge in [0.1, 0.15) is 11.9 Å². The first-order valence-corrected chi connectivity index (χ1v) is 7.44. The minimum atomic E-state index is -0.593. The fourth-order valence-corrected chi connectivity index (χ4v) is 2.80. The summed E-state index contributed by atoms with van der Waals surface area (Å²) in [6, 6.07) is 9.71. The first-order valence-electron chi connectivity index (χ1n) is 7.44. The fraction of sp³-hybridized carbons (Fsp3) is 0.235. The number of rotatable bonds is 3. The second kappa shape index (κ2) is 5.68. The van der Waals surface area contributed by atoms with Crippen LogP contribution in [0.3, 0.4) is 0 Å². The van der Waals surface area contributed by atoms with Gasteiger partial charge in [-0.2, -0.15) is 0 Å². The molecule has 1 fully saturated rings. The Kier molecular flexibility index (Phi) is 3.50. The van der Waals surface area contributed by atoms with Crippen LogP contribution in [0.2, 0.25) is 0 Å². The maximum Gasteiger partial charge on any atom is 0.414 e. The molecule has 0 radical (unpaired) electrons. The highest BCUT2D eigenvalue weighted by Crippen LogP contribution is 2.37. The standard InChI is InChI=1S/C17H14FNO5/c18-14-6-11(19-7-12(8-20)24-17(19)21)2-3-13(14)10-1-4-15-16(5-10)23-9-22-15/h1-6,12,20H,7-9H2/t12-/m1/s1. The lowest BCUT2D eigenvalue weighted by Gasteiger charge is -2.14. The van der Waals surface area contributed by atoms with Crippen LogP contribution < -0.4 is 14.4 Å². The van der Waals surface area contributed by atoms with E-state index in [9.17, 15) is 9.18 Å². The van der Waals surface area contributed by atoms with Gasteiger partial charge in [-0.25, -0.2) is 9.18 Å². The molecule has 0 aliphatic carbocycles. The summed E-state index contributed by atoms with van der Waals surface area (Å²) in [4.78, 5) is 13.1. The normalized spacial score (nSPS) is 18.8. The fourth-order valence-electron chi connectivity index (χ4n) is 2.80. The number of hydrogen-bond acceptors (Lipinski definition) is 5. The van der Waals surface area contributed by atoms with Crippen molar-refractivity contribution >= 4 is 11.8 Å². The van der Waals surface area contributed by atoms with Gasteiger partial charge < -0.3 is 19.3 Å². The van der Waals surface area contributed by atoms with Gasteiger partial charge in [0.15, 0.2) is 11.5 Å². The third-order valence-electron chi connectivity index (χ3n) is 4.03. The number of anilines is 1. The number of cyclic esters (lactones) is 1. The van der Waals surface area contributed by atoms with Gasteiger partial charge in [0.05, 0.1) is 18.8 Å². The second-order valence-electron chi connectivity index (χ2n) is 5.53. The monoisotopic (exact) mass is 331 g/mol. The summed E-state index contributed by atoms with van der Waals surface area (Å²) in [5.41, 5.74) is 1.43. The first-order chi connectivity index (χ1) is 11.7. The first kappa shape index (κ1) is 14.8. The molecule has 0 bridgehead atoms. The molecule has 0 saturated carbocycles. The zero-order valence-electron chi connectivity index (χ0n) is 12.6. The van der Waals surface area contributed by atoms with Crippen molar-refractivity contribution in [2.24, 2.45) is 0 Å². The number of nitrogens with zero attached hydrogens (tertiary/aromatic N) is 1. The molecule has 2 aliphatic rings. The van der Waals surface area contributed by atoms with Gasteiger partial charge in [-0.1, -0.05) is 6.07 Å². The predicted molar refractivity (Wildman–Crippen MR) is 82.7 cm³/mol. The molecule has 1 N–H and O–H groups in total. The summed E-state index contributed by atoms with van der Waals surface area (Å²) < 4.78 is 30.1. The van der Waals surface area contributed by atoms with Gasteiger partial charge >= 0.3 is 6.09 Å². The lowest BCUT2D eigenvalue weighted by Crippen LogP contribution is -2.25. The number of carbonyl (C=O) groups excluding carboxylic acids is 1. The Morgan fingerprint density at radius 2 is 2.00 bits per heavy atom. The summed E-state index contributed by atoms with van der Waals surface area (Å²) in [7, 11) is 0. The largest absolute Gasteiger partial charge is 0.454 e. The molecule has 124 valence electrons. The average Bonchev–Trinajstić information content (AvgIpc) is 3.20. The van der Waals surface area contributed by atoms with Crippen molar-refractivity contribution < 1.29 is 28.5 Å². The van der Waals surface area contributed by atoms with Crippen LogP contribution in [0.25, 0.3) is 11.1 Å². The molecule has 2 aromatic carbocycles. The summed E-state index contributed by atoms with van der Waals surface area (Å²) in [6.45, 7) is 0.0848. The van der Waals surface area contributed by atoms with Gasteiger partial charge in [0.25, 0.3) is 0 Å². The molecule has 2 heterocycles. The highest BCUT2D eigenvalue weighted by molar-refractivity contribution is 5.90. The van der Waals surface area contributed by atoms with Gasteiger partial charge in [-0.3, -0.25) is 4.90 Å². The number of benzene rings is 2. The minimum absolute atomic E-state index is 0.156. The third-order valence-corrected chi connectivity index (χ3v) is 4.03. The van der Waals surface area contributed by atoms with Gasteiger partial charge in [0.2, 0.25) is 6.79 Å². The van der Waals surface area contributed by atoms with Crippen LogP contribution in [0.1, 0.15) is 0 Å². The molecule has 6 nitrogen and oxygen atoms in total. The van der Waals surface area contributed by atoms with Crippen molar-refractivity contribution in [1.82, 2.24) is 0 Å². The Morgan fingerprint density at radius 1 is 1.17 bits per heavy atom. The van der Waals surface area contributed by atoms with Crippen LogP contribution in [-0.4, -0.2) is 37.2 Å². The Labute approximate surface area is 137 Å². The van der Waals surface area contributed by atoms with Crippen LogP contribution in [0, 0.1) is 5.82 Å². The van der Waals surface area contributed by atoms with Gasteiger partial charge in [-0.15, -0.1) is 0 Å². The number of amides is 1. The molecule has 2 aliphatic heterocycles. The van der Waals surface area contributed by atoms with E-state index in [4.69, 9.17) is 19.3 Å². The van der Waals surface area contributed by atoms with Crippen molar-refractivity contribution in [2.75, 3.05) is 24.8 Å². The SMILES string of the molecule is O=C1O[C@@H](CO)CN1c1ccc(-c2ccc3c(c2)OCO3)c(F)c1. The van der Waals surface area contributed by atoms with Crippen LogP contribution in [0.4, 0.5) is 14.9 Å².